The fourth-order valence-corrected chi connectivity index (χ4v) is 6.03. The van der Waals surface area contributed by atoms with E-state index < -0.39 is 0 Å². The van der Waals surface area contributed by atoms with Crippen LogP contribution in [0.5, 0.6) is 0 Å². The van der Waals surface area contributed by atoms with Gasteiger partial charge in [0.05, 0.1) is 16.9 Å². The van der Waals surface area contributed by atoms with Crippen molar-refractivity contribution < 1.29 is 0 Å². The molecular formula is C39H31N3. The largest absolute Gasteiger partial charge is 0.256 e. The van der Waals surface area contributed by atoms with Crippen LogP contribution in [0, 0.1) is 27.7 Å². The third-order valence-corrected chi connectivity index (χ3v) is 8.02. The van der Waals surface area contributed by atoms with Crippen molar-refractivity contribution in [3.8, 4) is 44.8 Å². The zero-order valence-corrected chi connectivity index (χ0v) is 24.3. The van der Waals surface area contributed by atoms with Crippen LogP contribution in [-0.4, -0.2) is 15.0 Å². The SMILES string of the molecule is Cc1ccnc(-c2ccc(C)c(-c3cc(-c4cc(C)cc(C)n4)cc(-c4cc5ncccc5c5ccccc45)c3)c2)c1. The summed E-state index contributed by atoms with van der Waals surface area (Å²) in [5, 5.41) is 3.58. The summed E-state index contributed by atoms with van der Waals surface area (Å²) in [5.74, 6) is 0. The zero-order chi connectivity index (χ0) is 28.8. The van der Waals surface area contributed by atoms with Gasteiger partial charge >= 0.3 is 0 Å². The molecule has 202 valence electrons. The number of pyridine rings is 3. The van der Waals surface area contributed by atoms with Crippen molar-refractivity contribution in [2.45, 2.75) is 27.7 Å². The molecule has 0 radical (unpaired) electrons. The van der Waals surface area contributed by atoms with E-state index in [0.717, 1.165) is 44.9 Å². The van der Waals surface area contributed by atoms with Gasteiger partial charge in [-0.25, -0.2) is 0 Å². The molecule has 0 saturated heterocycles. The van der Waals surface area contributed by atoms with Crippen LogP contribution in [0.4, 0.5) is 0 Å². The van der Waals surface area contributed by atoms with Crippen LogP contribution in [0.3, 0.4) is 0 Å². The first kappa shape index (κ1) is 25.8. The molecule has 7 aromatic rings. The number of rotatable bonds is 4. The lowest BCUT2D eigenvalue weighted by Gasteiger charge is -2.16. The summed E-state index contributed by atoms with van der Waals surface area (Å²) < 4.78 is 0. The van der Waals surface area contributed by atoms with Gasteiger partial charge in [0.2, 0.25) is 0 Å². The van der Waals surface area contributed by atoms with E-state index in [4.69, 9.17) is 9.97 Å². The van der Waals surface area contributed by atoms with Crippen molar-refractivity contribution >= 4 is 21.7 Å². The number of fused-ring (bicyclic) bond motifs is 3. The molecule has 0 bridgehead atoms. The predicted octanol–water partition coefficient (Wildman–Crippen LogP) is 10.1. The Morgan fingerprint density at radius 3 is 2.00 bits per heavy atom. The minimum Gasteiger partial charge on any atom is -0.256 e. The highest BCUT2D eigenvalue weighted by molar-refractivity contribution is 6.13. The second kappa shape index (κ2) is 10.4. The van der Waals surface area contributed by atoms with Gasteiger partial charge in [0.1, 0.15) is 0 Å². The van der Waals surface area contributed by atoms with Gasteiger partial charge in [-0.2, -0.15) is 0 Å². The summed E-state index contributed by atoms with van der Waals surface area (Å²) in [6.45, 7) is 8.48. The first-order valence-corrected chi connectivity index (χ1v) is 14.3. The van der Waals surface area contributed by atoms with E-state index in [-0.39, 0.29) is 0 Å². The highest BCUT2D eigenvalue weighted by Gasteiger charge is 2.15. The summed E-state index contributed by atoms with van der Waals surface area (Å²) in [6, 6.07) is 37.0. The van der Waals surface area contributed by atoms with Crippen LogP contribution >= 0.6 is 0 Å². The van der Waals surface area contributed by atoms with Gasteiger partial charge < -0.3 is 0 Å². The fourth-order valence-electron chi connectivity index (χ4n) is 6.03. The number of benzene rings is 4. The Morgan fingerprint density at radius 2 is 1.19 bits per heavy atom. The molecule has 0 aliphatic heterocycles. The zero-order valence-electron chi connectivity index (χ0n) is 24.3. The molecule has 4 aromatic carbocycles. The molecule has 0 fully saturated rings. The molecule has 0 N–H and O–H groups in total. The highest BCUT2D eigenvalue weighted by atomic mass is 14.7. The van der Waals surface area contributed by atoms with Crippen molar-refractivity contribution in [1.82, 2.24) is 15.0 Å². The predicted molar refractivity (Wildman–Crippen MR) is 176 cm³/mol. The third kappa shape index (κ3) is 4.73. The molecule has 3 nitrogen and oxygen atoms in total. The Morgan fingerprint density at radius 1 is 0.452 bits per heavy atom. The minimum atomic E-state index is 0.980. The van der Waals surface area contributed by atoms with Gasteiger partial charge in [-0.05, 0) is 138 Å². The molecule has 0 aliphatic rings. The quantitative estimate of drug-likeness (QED) is 0.208. The smallest absolute Gasteiger partial charge is 0.0714 e. The van der Waals surface area contributed by atoms with E-state index in [0.29, 0.717) is 0 Å². The molecule has 7 rings (SSSR count). The minimum absolute atomic E-state index is 0.980. The number of nitrogens with zero attached hydrogens (tertiary/aromatic N) is 3. The summed E-state index contributed by atoms with van der Waals surface area (Å²) >= 11 is 0. The number of aryl methyl sites for hydroxylation is 4. The first-order chi connectivity index (χ1) is 20.4. The lowest BCUT2D eigenvalue weighted by atomic mass is 9.89. The summed E-state index contributed by atoms with van der Waals surface area (Å²) in [5.41, 5.74) is 14.4. The van der Waals surface area contributed by atoms with Crippen molar-refractivity contribution in [3.05, 3.63) is 138 Å². The normalized spacial score (nSPS) is 11.3. The number of hydrogen-bond donors (Lipinski definition) is 0. The molecule has 3 aromatic heterocycles. The van der Waals surface area contributed by atoms with Crippen molar-refractivity contribution in [1.29, 1.82) is 0 Å². The average Bonchev–Trinajstić information content (AvgIpc) is 3.00. The lowest BCUT2D eigenvalue weighted by Crippen LogP contribution is -1.94. The van der Waals surface area contributed by atoms with Gasteiger partial charge in [-0.3, -0.25) is 15.0 Å². The summed E-state index contributed by atoms with van der Waals surface area (Å²) in [6.07, 6.45) is 3.75. The second-order valence-electron chi connectivity index (χ2n) is 11.3. The molecule has 0 saturated carbocycles. The maximum atomic E-state index is 4.96. The summed E-state index contributed by atoms with van der Waals surface area (Å²) in [7, 11) is 0. The van der Waals surface area contributed by atoms with Gasteiger partial charge in [-0.1, -0.05) is 42.5 Å². The maximum Gasteiger partial charge on any atom is 0.0714 e. The molecule has 0 atom stereocenters. The monoisotopic (exact) mass is 541 g/mol. The van der Waals surface area contributed by atoms with E-state index in [2.05, 4.69) is 124 Å². The fraction of sp³-hybridized carbons (Fsp3) is 0.103. The Hall–Kier alpha value is -5.15. The highest BCUT2D eigenvalue weighted by Crippen LogP contribution is 2.39. The van der Waals surface area contributed by atoms with E-state index in [1.165, 1.54) is 44.0 Å². The Labute approximate surface area is 246 Å². The van der Waals surface area contributed by atoms with Crippen LogP contribution in [0.2, 0.25) is 0 Å². The molecule has 0 aliphatic carbocycles. The Bertz CT molecular complexity index is 2120. The molecule has 3 heteroatoms. The number of hydrogen-bond acceptors (Lipinski definition) is 3. The van der Waals surface area contributed by atoms with Gasteiger partial charge in [0.25, 0.3) is 0 Å². The van der Waals surface area contributed by atoms with Gasteiger partial charge in [-0.15, -0.1) is 0 Å². The lowest BCUT2D eigenvalue weighted by molar-refractivity contribution is 1.18. The van der Waals surface area contributed by atoms with Crippen LogP contribution in [0.15, 0.2) is 116 Å². The van der Waals surface area contributed by atoms with Crippen LogP contribution < -0.4 is 0 Å². The number of aromatic nitrogens is 3. The molecule has 0 unspecified atom stereocenters. The van der Waals surface area contributed by atoms with Crippen LogP contribution in [-0.2, 0) is 0 Å². The van der Waals surface area contributed by atoms with E-state index in [1.54, 1.807) is 0 Å². The van der Waals surface area contributed by atoms with Crippen LogP contribution in [0.1, 0.15) is 22.4 Å². The maximum absolute atomic E-state index is 4.96. The molecule has 0 amide bonds. The first-order valence-electron chi connectivity index (χ1n) is 14.3. The standard InChI is InChI=1S/C39H31N3/c1-24-13-15-41-37(17-24)28-12-11-26(3)35(22-28)29-19-30(21-31(20-29)38-18-25(2)16-27(4)42-38)36-23-39-34(10-7-14-40-39)32-8-5-6-9-33(32)36/h5-23H,1-4H3. The van der Waals surface area contributed by atoms with Crippen molar-refractivity contribution in [2.24, 2.45) is 0 Å². The Balaban J connectivity index is 1.51. The molecular weight excluding hydrogens is 510 g/mol. The topological polar surface area (TPSA) is 38.7 Å². The average molecular weight is 542 g/mol. The van der Waals surface area contributed by atoms with Crippen LogP contribution in [0.25, 0.3) is 66.4 Å². The van der Waals surface area contributed by atoms with E-state index >= 15 is 0 Å². The third-order valence-electron chi connectivity index (χ3n) is 8.02. The Kier molecular flexibility index (Phi) is 6.36. The van der Waals surface area contributed by atoms with Crippen molar-refractivity contribution in [3.63, 3.8) is 0 Å². The molecule has 0 spiro atoms. The van der Waals surface area contributed by atoms with E-state index in [1.807, 2.05) is 24.5 Å². The van der Waals surface area contributed by atoms with E-state index in [9.17, 15) is 0 Å². The second-order valence-corrected chi connectivity index (χ2v) is 11.3. The summed E-state index contributed by atoms with van der Waals surface area (Å²) in [4.78, 5) is 14.4. The molecule has 42 heavy (non-hydrogen) atoms. The van der Waals surface area contributed by atoms with Gasteiger partial charge in [0.15, 0.2) is 0 Å². The molecule has 3 heterocycles. The van der Waals surface area contributed by atoms with Crippen molar-refractivity contribution in [2.75, 3.05) is 0 Å². The van der Waals surface area contributed by atoms with Gasteiger partial charge in [0, 0.05) is 34.6 Å².